The highest BCUT2D eigenvalue weighted by molar-refractivity contribution is 5.76. The van der Waals surface area contributed by atoms with Crippen LogP contribution in [0.15, 0.2) is 0 Å². The minimum absolute atomic E-state index is 0.0840. The summed E-state index contributed by atoms with van der Waals surface area (Å²) >= 11 is 0. The molecule has 2 fully saturated rings. The molecule has 0 spiro atoms. The van der Waals surface area contributed by atoms with Gasteiger partial charge in [0.2, 0.25) is 5.91 Å². The van der Waals surface area contributed by atoms with E-state index in [1.54, 1.807) is 0 Å². The van der Waals surface area contributed by atoms with Crippen molar-refractivity contribution < 1.29 is 4.79 Å². The molecule has 2 saturated carbocycles. The lowest BCUT2D eigenvalue weighted by Crippen LogP contribution is -2.47. The van der Waals surface area contributed by atoms with Crippen LogP contribution >= 0.6 is 0 Å². The summed E-state index contributed by atoms with van der Waals surface area (Å²) in [6.07, 6.45) is 4.34. The van der Waals surface area contributed by atoms with Gasteiger partial charge >= 0.3 is 0 Å². The fraction of sp³-hybridized carbons (Fsp3) is 0.941. The van der Waals surface area contributed by atoms with Crippen LogP contribution in [0.2, 0.25) is 0 Å². The topological polar surface area (TPSA) is 41.1 Å². The Morgan fingerprint density at radius 3 is 2.35 bits per heavy atom. The maximum atomic E-state index is 12.2. The molecular weight excluding hydrogens is 248 g/mol. The van der Waals surface area contributed by atoms with Gasteiger partial charge in [-0.05, 0) is 56.8 Å². The Morgan fingerprint density at radius 2 is 1.90 bits per heavy atom. The summed E-state index contributed by atoms with van der Waals surface area (Å²) < 4.78 is 0. The van der Waals surface area contributed by atoms with Crippen LogP contribution in [0, 0.1) is 16.7 Å². The molecule has 0 heterocycles. The number of amides is 1. The number of hydrogen-bond donors (Lipinski definition) is 2. The zero-order chi connectivity index (χ0) is 15.2. The molecule has 0 radical (unpaired) electrons. The van der Waals surface area contributed by atoms with Crippen LogP contribution in [0.5, 0.6) is 0 Å². The van der Waals surface area contributed by atoms with Gasteiger partial charge < -0.3 is 10.6 Å². The second-order valence-corrected chi connectivity index (χ2v) is 8.66. The predicted molar refractivity (Wildman–Crippen MR) is 83.5 cm³/mol. The molecule has 1 amide bonds. The molecule has 2 aliphatic carbocycles. The highest BCUT2D eigenvalue weighted by Crippen LogP contribution is 2.65. The Labute approximate surface area is 124 Å². The molecule has 3 heteroatoms. The Balaban J connectivity index is 1.85. The molecule has 2 bridgehead atoms. The lowest BCUT2D eigenvalue weighted by Gasteiger charge is -2.39. The van der Waals surface area contributed by atoms with E-state index >= 15 is 0 Å². The zero-order valence-electron chi connectivity index (χ0n) is 14.1. The lowest BCUT2D eigenvalue weighted by atomic mass is 9.69. The quantitative estimate of drug-likeness (QED) is 0.831. The van der Waals surface area contributed by atoms with E-state index < -0.39 is 0 Å². The van der Waals surface area contributed by atoms with E-state index in [9.17, 15) is 4.79 Å². The second-order valence-electron chi connectivity index (χ2n) is 8.66. The molecule has 3 atom stereocenters. The highest BCUT2D eigenvalue weighted by Gasteiger charge is 2.61. The molecular formula is C17H32N2O. The number of hydrogen-bond acceptors (Lipinski definition) is 2. The van der Waals surface area contributed by atoms with Crippen LogP contribution < -0.4 is 10.6 Å². The van der Waals surface area contributed by atoms with Gasteiger partial charge in [-0.25, -0.2) is 0 Å². The van der Waals surface area contributed by atoms with E-state index in [0.29, 0.717) is 17.9 Å². The number of nitrogens with one attached hydrogen (secondary N) is 2. The van der Waals surface area contributed by atoms with Gasteiger partial charge in [-0.15, -0.1) is 0 Å². The van der Waals surface area contributed by atoms with Crippen LogP contribution in [0.25, 0.3) is 0 Å². The summed E-state index contributed by atoms with van der Waals surface area (Å²) in [5.41, 5.74) is 0.736. The predicted octanol–water partition coefficient (Wildman–Crippen LogP) is 3.10. The molecule has 2 rings (SSSR count). The van der Waals surface area contributed by atoms with E-state index in [1.807, 2.05) is 0 Å². The average molecular weight is 280 g/mol. The van der Waals surface area contributed by atoms with Crippen LogP contribution in [0.3, 0.4) is 0 Å². The molecule has 116 valence electrons. The SMILES string of the molecule is CC(C)(C)NCCC(=O)NC1CC2CCC1(C)C2(C)C. The summed E-state index contributed by atoms with van der Waals surface area (Å²) in [5.74, 6) is 0.988. The fourth-order valence-corrected chi connectivity index (χ4v) is 4.24. The lowest BCUT2D eigenvalue weighted by molar-refractivity contribution is -0.122. The first-order valence-electron chi connectivity index (χ1n) is 8.11. The van der Waals surface area contributed by atoms with Crippen molar-refractivity contribution in [3.05, 3.63) is 0 Å². The molecule has 3 nitrogen and oxygen atoms in total. The second kappa shape index (κ2) is 5.01. The molecule has 0 aromatic heterocycles. The van der Waals surface area contributed by atoms with Gasteiger partial charge in [-0.1, -0.05) is 20.8 Å². The summed E-state index contributed by atoms with van der Waals surface area (Å²) in [4.78, 5) is 12.2. The summed E-state index contributed by atoms with van der Waals surface area (Å²) in [6, 6.07) is 0.374. The molecule has 0 aromatic rings. The van der Waals surface area contributed by atoms with Crippen molar-refractivity contribution in [2.75, 3.05) is 6.54 Å². The Bertz CT molecular complexity index is 383. The van der Waals surface area contributed by atoms with Gasteiger partial charge in [0.15, 0.2) is 0 Å². The largest absolute Gasteiger partial charge is 0.353 e. The Morgan fingerprint density at radius 1 is 1.25 bits per heavy atom. The molecule has 2 N–H and O–H groups in total. The zero-order valence-corrected chi connectivity index (χ0v) is 14.1. The average Bonchev–Trinajstić information content (AvgIpc) is 2.60. The smallest absolute Gasteiger partial charge is 0.221 e. The van der Waals surface area contributed by atoms with Gasteiger partial charge in [-0.3, -0.25) is 4.79 Å². The first-order valence-corrected chi connectivity index (χ1v) is 8.11. The number of carbonyl (C=O) groups is 1. The van der Waals surface area contributed by atoms with E-state index in [-0.39, 0.29) is 16.9 Å². The molecule has 0 aromatic carbocycles. The van der Waals surface area contributed by atoms with Crippen LogP contribution in [-0.4, -0.2) is 24.0 Å². The molecule has 0 aliphatic heterocycles. The third kappa shape index (κ3) is 2.74. The van der Waals surface area contributed by atoms with Crippen LogP contribution in [0.4, 0.5) is 0 Å². The van der Waals surface area contributed by atoms with Crippen molar-refractivity contribution >= 4 is 5.91 Å². The third-order valence-corrected chi connectivity index (χ3v) is 6.14. The number of fused-ring (bicyclic) bond motifs is 2. The van der Waals surface area contributed by atoms with Crippen LogP contribution in [-0.2, 0) is 4.79 Å². The summed E-state index contributed by atoms with van der Waals surface area (Å²) in [5, 5.41) is 6.69. The normalized spacial score (nSPS) is 35.3. The van der Waals surface area contributed by atoms with E-state index in [0.717, 1.165) is 12.5 Å². The highest BCUT2D eigenvalue weighted by atomic mass is 16.1. The first kappa shape index (κ1) is 15.8. The molecule has 20 heavy (non-hydrogen) atoms. The number of rotatable bonds is 4. The standard InChI is InChI=1S/C17H32N2O/c1-15(2,3)18-10-8-14(20)19-13-11-12-7-9-17(13,6)16(12,4)5/h12-13,18H,7-11H2,1-6H3,(H,19,20). The summed E-state index contributed by atoms with van der Waals surface area (Å²) in [7, 11) is 0. The fourth-order valence-electron chi connectivity index (χ4n) is 4.24. The van der Waals surface area contributed by atoms with Crippen molar-refractivity contribution in [3.63, 3.8) is 0 Å². The maximum absolute atomic E-state index is 12.2. The molecule has 3 unspecified atom stereocenters. The van der Waals surface area contributed by atoms with Gasteiger partial charge in [0.05, 0.1) is 0 Å². The van der Waals surface area contributed by atoms with E-state index in [4.69, 9.17) is 0 Å². The van der Waals surface area contributed by atoms with Crippen molar-refractivity contribution in [2.45, 2.75) is 78.8 Å². The van der Waals surface area contributed by atoms with Crippen molar-refractivity contribution in [1.82, 2.24) is 10.6 Å². The first-order chi connectivity index (χ1) is 9.06. The van der Waals surface area contributed by atoms with Gasteiger partial charge in [0.25, 0.3) is 0 Å². The van der Waals surface area contributed by atoms with E-state index in [1.165, 1.54) is 19.3 Å². The Hall–Kier alpha value is -0.570. The maximum Gasteiger partial charge on any atom is 0.221 e. The van der Waals surface area contributed by atoms with Crippen molar-refractivity contribution in [3.8, 4) is 0 Å². The monoisotopic (exact) mass is 280 g/mol. The molecule has 2 aliphatic rings. The Kier molecular flexibility index (Phi) is 3.96. The minimum Gasteiger partial charge on any atom is -0.353 e. The van der Waals surface area contributed by atoms with Crippen molar-refractivity contribution in [1.29, 1.82) is 0 Å². The third-order valence-electron chi connectivity index (χ3n) is 6.14. The number of carbonyl (C=O) groups excluding carboxylic acids is 1. The van der Waals surface area contributed by atoms with Gasteiger partial charge in [-0.2, -0.15) is 0 Å². The van der Waals surface area contributed by atoms with Crippen molar-refractivity contribution in [2.24, 2.45) is 16.7 Å². The van der Waals surface area contributed by atoms with E-state index in [2.05, 4.69) is 52.2 Å². The van der Waals surface area contributed by atoms with Gasteiger partial charge in [0.1, 0.15) is 0 Å². The molecule has 0 saturated heterocycles. The summed E-state index contributed by atoms with van der Waals surface area (Å²) in [6.45, 7) is 14.3. The van der Waals surface area contributed by atoms with Crippen LogP contribution in [0.1, 0.15) is 67.2 Å². The van der Waals surface area contributed by atoms with Gasteiger partial charge in [0, 0.05) is 24.5 Å². The minimum atomic E-state index is 0.0840.